The van der Waals surface area contributed by atoms with Crippen LogP contribution >= 0.6 is 0 Å². The van der Waals surface area contributed by atoms with Crippen LogP contribution < -0.4 is 5.32 Å². The van der Waals surface area contributed by atoms with Crippen LogP contribution in [0.5, 0.6) is 0 Å². The van der Waals surface area contributed by atoms with Gasteiger partial charge in [0.25, 0.3) is 0 Å². The van der Waals surface area contributed by atoms with Gasteiger partial charge in [0.2, 0.25) is 0 Å². The van der Waals surface area contributed by atoms with Crippen molar-refractivity contribution in [1.82, 2.24) is 4.98 Å². The van der Waals surface area contributed by atoms with Crippen molar-refractivity contribution in [3.05, 3.63) is 23.9 Å². The Morgan fingerprint density at radius 3 is 2.87 bits per heavy atom. The number of anilines is 1. The zero-order valence-electron chi connectivity index (χ0n) is 9.79. The van der Waals surface area contributed by atoms with Crippen LogP contribution in [-0.2, 0) is 11.3 Å². The lowest BCUT2D eigenvalue weighted by Crippen LogP contribution is -2.06. The lowest BCUT2D eigenvalue weighted by molar-refractivity contribution is 0.0636. The molecule has 84 valence electrons. The number of nitrogens with one attached hydrogen (secondary N) is 1. The molecular formula is C12H20N2O. The van der Waals surface area contributed by atoms with E-state index in [0.29, 0.717) is 6.61 Å². The monoisotopic (exact) mass is 208 g/mol. The van der Waals surface area contributed by atoms with Crippen LogP contribution in [-0.4, -0.2) is 17.6 Å². The van der Waals surface area contributed by atoms with Gasteiger partial charge in [0.05, 0.1) is 18.4 Å². The van der Waals surface area contributed by atoms with E-state index in [2.05, 4.69) is 17.2 Å². The summed E-state index contributed by atoms with van der Waals surface area (Å²) in [5.74, 6) is 0.932. The Kier molecular flexibility index (Phi) is 5.12. The maximum absolute atomic E-state index is 5.50. The van der Waals surface area contributed by atoms with Crippen LogP contribution in [0, 0.1) is 0 Å². The molecule has 0 saturated heterocycles. The molecule has 0 aliphatic heterocycles. The molecule has 0 spiro atoms. The van der Waals surface area contributed by atoms with Gasteiger partial charge >= 0.3 is 0 Å². The smallest absolute Gasteiger partial charge is 0.126 e. The van der Waals surface area contributed by atoms with E-state index in [1.54, 1.807) is 0 Å². The second-order valence-corrected chi connectivity index (χ2v) is 3.80. The summed E-state index contributed by atoms with van der Waals surface area (Å²) in [6.07, 6.45) is 1.35. The normalized spacial score (nSPS) is 10.7. The fourth-order valence-corrected chi connectivity index (χ4v) is 1.16. The van der Waals surface area contributed by atoms with Gasteiger partial charge in [-0.05, 0) is 32.4 Å². The molecule has 3 heteroatoms. The Morgan fingerprint density at radius 2 is 2.20 bits per heavy atom. The summed E-state index contributed by atoms with van der Waals surface area (Å²) in [4.78, 5) is 4.45. The number of hydrogen-bond acceptors (Lipinski definition) is 3. The minimum Gasteiger partial charge on any atom is -0.373 e. The number of hydrogen-bond donors (Lipinski definition) is 1. The first-order chi connectivity index (χ1) is 7.22. The third-order valence-corrected chi connectivity index (χ3v) is 1.93. The molecule has 1 aromatic heterocycles. The summed E-state index contributed by atoms with van der Waals surface area (Å²) in [5, 5.41) is 3.26. The van der Waals surface area contributed by atoms with Crippen molar-refractivity contribution in [2.24, 2.45) is 0 Å². The summed E-state index contributed by atoms with van der Waals surface area (Å²) in [5.41, 5.74) is 0.977. The lowest BCUT2D eigenvalue weighted by Gasteiger charge is -2.08. The van der Waals surface area contributed by atoms with Gasteiger partial charge in [-0.2, -0.15) is 0 Å². The maximum atomic E-state index is 5.50. The first-order valence-electron chi connectivity index (χ1n) is 5.53. The van der Waals surface area contributed by atoms with Crippen molar-refractivity contribution in [1.29, 1.82) is 0 Å². The molecule has 1 N–H and O–H groups in total. The van der Waals surface area contributed by atoms with E-state index < -0.39 is 0 Å². The van der Waals surface area contributed by atoms with Crippen molar-refractivity contribution < 1.29 is 4.74 Å². The van der Waals surface area contributed by atoms with Crippen LogP contribution in [0.2, 0.25) is 0 Å². The fourth-order valence-electron chi connectivity index (χ4n) is 1.16. The van der Waals surface area contributed by atoms with Gasteiger partial charge in [0, 0.05) is 6.54 Å². The molecule has 0 amide bonds. The standard InChI is InChI=1S/C12H20N2O/c1-4-8-13-12-7-5-6-11(14-12)9-15-10(2)3/h5-7,10H,4,8-9H2,1-3H3,(H,13,14). The Labute approximate surface area is 91.9 Å². The Hall–Kier alpha value is -1.09. The van der Waals surface area contributed by atoms with Crippen molar-refractivity contribution in [3.63, 3.8) is 0 Å². The maximum Gasteiger partial charge on any atom is 0.126 e. The highest BCUT2D eigenvalue weighted by atomic mass is 16.5. The second kappa shape index (κ2) is 6.40. The van der Waals surface area contributed by atoms with Crippen molar-refractivity contribution in [3.8, 4) is 0 Å². The summed E-state index contributed by atoms with van der Waals surface area (Å²) < 4.78 is 5.50. The number of rotatable bonds is 6. The van der Waals surface area contributed by atoms with Gasteiger partial charge < -0.3 is 10.1 Å². The SMILES string of the molecule is CCCNc1cccc(COC(C)C)n1. The zero-order valence-corrected chi connectivity index (χ0v) is 9.79. The van der Waals surface area contributed by atoms with Gasteiger partial charge in [0.15, 0.2) is 0 Å². The Morgan fingerprint density at radius 1 is 1.40 bits per heavy atom. The lowest BCUT2D eigenvalue weighted by atomic mass is 10.3. The minimum atomic E-state index is 0.249. The molecule has 0 aliphatic carbocycles. The molecule has 0 unspecified atom stereocenters. The van der Waals surface area contributed by atoms with E-state index in [1.165, 1.54) is 0 Å². The van der Waals surface area contributed by atoms with E-state index in [1.807, 2.05) is 32.0 Å². The molecule has 0 fully saturated rings. The van der Waals surface area contributed by atoms with Crippen molar-refractivity contribution in [2.45, 2.75) is 39.9 Å². The third kappa shape index (κ3) is 4.79. The van der Waals surface area contributed by atoms with Crippen molar-refractivity contribution in [2.75, 3.05) is 11.9 Å². The van der Waals surface area contributed by atoms with Gasteiger partial charge in [-0.3, -0.25) is 0 Å². The first kappa shape index (κ1) is 12.0. The van der Waals surface area contributed by atoms with E-state index in [-0.39, 0.29) is 6.10 Å². The summed E-state index contributed by atoms with van der Waals surface area (Å²) >= 11 is 0. The van der Waals surface area contributed by atoms with E-state index in [9.17, 15) is 0 Å². The summed E-state index contributed by atoms with van der Waals surface area (Å²) in [6, 6.07) is 5.97. The molecule has 1 heterocycles. The fraction of sp³-hybridized carbons (Fsp3) is 0.583. The van der Waals surface area contributed by atoms with Crippen LogP contribution in [0.3, 0.4) is 0 Å². The van der Waals surface area contributed by atoms with E-state index in [4.69, 9.17) is 4.74 Å². The van der Waals surface area contributed by atoms with E-state index in [0.717, 1.165) is 24.5 Å². The van der Waals surface area contributed by atoms with Crippen LogP contribution in [0.25, 0.3) is 0 Å². The molecular weight excluding hydrogens is 188 g/mol. The van der Waals surface area contributed by atoms with Gasteiger partial charge in [-0.25, -0.2) is 4.98 Å². The molecule has 0 aromatic carbocycles. The molecule has 0 radical (unpaired) electrons. The predicted octanol–water partition coefficient (Wildman–Crippen LogP) is 2.83. The van der Waals surface area contributed by atoms with E-state index >= 15 is 0 Å². The Bertz CT molecular complexity index is 287. The average Bonchev–Trinajstić information content (AvgIpc) is 2.24. The van der Waals surface area contributed by atoms with Gasteiger partial charge in [-0.15, -0.1) is 0 Å². The van der Waals surface area contributed by atoms with Crippen molar-refractivity contribution >= 4 is 5.82 Å². The highest BCUT2D eigenvalue weighted by molar-refractivity contribution is 5.34. The van der Waals surface area contributed by atoms with Crippen LogP contribution in [0.1, 0.15) is 32.9 Å². The molecule has 3 nitrogen and oxygen atoms in total. The van der Waals surface area contributed by atoms with Gasteiger partial charge in [0.1, 0.15) is 5.82 Å². The predicted molar refractivity (Wildman–Crippen MR) is 62.9 cm³/mol. The zero-order chi connectivity index (χ0) is 11.1. The molecule has 0 aliphatic rings. The molecule has 0 saturated carbocycles. The summed E-state index contributed by atoms with van der Waals surface area (Å²) in [7, 11) is 0. The number of pyridine rings is 1. The summed E-state index contributed by atoms with van der Waals surface area (Å²) in [6.45, 7) is 7.73. The number of aromatic nitrogens is 1. The molecule has 0 atom stereocenters. The molecule has 1 aromatic rings. The minimum absolute atomic E-state index is 0.249. The van der Waals surface area contributed by atoms with Crippen LogP contribution in [0.4, 0.5) is 5.82 Å². The highest BCUT2D eigenvalue weighted by Gasteiger charge is 1.99. The number of nitrogens with zero attached hydrogens (tertiary/aromatic N) is 1. The highest BCUT2D eigenvalue weighted by Crippen LogP contribution is 2.06. The molecule has 15 heavy (non-hydrogen) atoms. The van der Waals surface area contributed by atoms with Gasteiger partial charge in [-0.1, -0.05) is 13.0 Å². The quantitative estimate of drug-likeness (QED) is 0.780. The second-order valence-electron chi connectivity index (χ2n) is 3.80. The number of ether oxygens (including phenoxy) is 1. The topological polar surface area (TPSA) is 34.1 Å². The first-order valence-corrected chi connectivity index (χ1v) is 5.53. The Balaban J connectivity index is 2.50. The average molecular weight is 208 g/mol. The van der Waals surface area contributed by atoms with Crippen LogP contribution in [0.15, 0.2) is 18.2 Å². The largest absolute Gasteiger partial charge is 0.373 e. The molecule has 0 bridgehead atoms. The molecule has 1 rings (SSSR count). The third-order valence-electron chi connectivity index (χ3n) is 1.93.